The Morgan fingerprint density at radius 2 is 1.91 bits per heavy atom. The van der Waals surface area contributed by atoms with E-state index >= 15 is 0 Å². The molecule has 5 nitrogen and oxygen atoms in total. The summed E-state index contributed by atoms with van der Waals surface area (Å²) in [5.41, 5.74) is 0.646. The number of piperidine rings is 1. The number of carbonyl (C=O) groups excluding carboxylic acids is 1. The lowest BCUT2D eigenvalue weighted by Crippen LogP contribution is -2.46. The SMILES string of the molecule is CC(C)N1CCC(NC(=O)c2ccc(NC3CC3)nc2)CC1. The predicted octanol–water partition coefficient (Wildman–Crippen LogP) is 2.26. The molecule has 1 aromatic heterocycles. The van der Waals surface area contributed by atoms with Crippen molar-refractivity contribution < 1.29 is 4.79 Å². The van der Waals surface area contributed by atoms with E-state index < -0.39 is 0 Å². The van der Waals surface area contributed by atoms with Gasteiger partial charge in [-0.05, 0) is 51.7 Å². The van der Waals surface area contributed by atoms with Gasteiger partial charge in [0, 0.05) is 37.4 Å². The minimum absolute atomic E-state index is 0.00605. The summed E-state index contributed by atoms with van der Waals surface area (Å²) >= 11 is 0. The number of hydrogen-bond donors (Lipinski definition) is 2. The number of rotatable bonds is 5. The molecule has 120 valence electrons. The van der Waals surface area contributed by atoms with E-state index in [4.69, 9.17) is 0 Å². The van der Waals surface area contributed by atoms with E-state index in [1.54, 1.807) is 6.20 Å². The third-order valence-corrected chi connectivity index (χ3v) is 4.55. The molecule has 22 heavy (non-hydrogen) atoms. The van der Waals surface area contributed by atoms with Crippen molar-refractivity contribution in [3.8, 4) is 0 Å². The van der Waals surface area contributed by atoms with Crippen molar-refractivity contribution in [2.45, 2.75) is 57.7 Å². The number of nitrogens with one attached hydrogen (secondary N) is 2. The predicted molar refractivity (Wildman–Crippen MR) is 88.1 cm³/mol. The maximum atomic E-state index is 12.3. The topological polar surface area (TPSA) is 57.3 Å². The molecular formula is C17H26N4O. The lowest BCUT2D eigenvalue weighted by atomic mass is 10.0. The molecule has 2 aliphatic rings. The second-order valence-electron chi connectivity index (χ2n) is 6.73. The van der Waals surface area contributed by atoms with Crippen LogP contribution < -0.4 is 10.6 Å². The fraction of sp³-hybridized carbons (Fsp3) is 0.647. The largest absolute Gasteiger partial charge is 0.367 e. The molecule has 1 aliphatic carbocycles. The molecule has 0 bridgehead atoms. The molecule has 0 spiro atoms. The first-order valence-electron chi connectivity index (χ1n) is 8.39. The second-order valence-corrected chi connectivity index (χ2v) is 6.73. The van der Waals surface area contributed by atoms with Crippen LogP contribution in [0, 0.1) is 0 Å². The van der Waals surface area contributed by atoms with E-state index in [1.165, 1.54) is 12.8 Å². The van der Waals surface area contributed by atoms with Crippen molar-refractivity contribution in [2.24, 2.45) is 0 Å². The van der Waals surface area contributed by atoms with Gasteiger partial charge < -0.3 is 15.5 Å². The van der Waals surface area contributed by atoms with Gasteiger partial charge in [0.2, 0.25) is 0 Å². The summed E-state index contributed by atoms with van der Waals surface area (Å²) in [5, 5.41) is 6.47. The van der Waals surface area contributed by atoms with Crippen LogP contribution in [-0.4, -0.2) is 47.0 Å². The lowest BCUT2D eigenvalue weighted by Gasteiger charge is -2.34. The normalized spacial score (nSPS) is 20.1. The van der Waals surface area contributed by atoms with Crippen LogP contribution >= 0.6 is 0 Å². The van der Waals surface area contributed by atoms with E-state index in [0.717, 1.165) is 31.7 Å². The first-order chi connectivity index (χ1) is 10.6. The van der Waals surface area contributed by atoms with Gasteiger partial charge in [-0.25, -0.2) is 4.98 Å². The van der Waals surface area contributed by atoms with Gasteiger partial charge in [-0.3, -0.25) is 4.79 Å². The minimum atomic E-state index is -0.00605. The van der Waals surface area contributed by atoms with Crippen molar-refractivity contribution in [2.75, 3.05) is 18.4 Å². The molecule has 1 saturated heterocycles. The lowest BCUT2D eigenvalue weighted by molar-refractivity contribution is 0.0900. The summed E-state index contributed by atoms with van der Waals surface area (Å²) in [6, 6.07) is 5.21. The number of amides is 1. The Hall–Kier alpha value is -1.62. The van der Waals surface area contributed by atoms with Crippen LogP contribution in [0.4, 0.5) is 5.82 Å². The third-order valence-electron chi connectivity index (χ3n) is 4.55. The fourth-order valence-electron chi connectivity index (χ4n) is 2.88. The quantitative estimate of drug-likeness (QED) is 0.876. The van der Waals surface area contributed by atoms with Crippen LogP contribution in [0.1, 0.15) is 49.9 Å². The molecule has 3 rings (SSSR count). The van der Waals surface area contributed by atoms with E-state index in [-0.39, 0.29) is 11.9 Å². The van der Waals surface area contributed by atoms with Crippen LogP contribution in [0.2, 0.25) is 0 Å². The molecular weight excluding hydrogens is 276 g/mol. The minimum Gasteiger partial charge on any atom is -0.367 e. The highest BCUT2D eigenvalue weighted by atomic mass is 16.1. The summed E-state index contributed by atoms with van der Waals surface area (Å²) in [7, 11) is 0. The van der Waals surface area contributed by atoms with Gasteiger partial charge in [0.05, 0.1) is 5.56 Å². The van der Waals surface area contributed by atoms with Crippen molar-refractivity contribution in [3.05, 3.63) is 23.9 Å². The zero-order valence-electron chi connectivity index (χ0n) is 13.5. The Balaban J connectivity index is 1.49. The summed E-state index contributed by atoms with van der Waals surface area (Å²) in [5.74, 6) is 0.859. The van der Waals surface area contributed by atoms with Crippen molar-refractivity contribution in [3.63, 3.8) is 0 Å². The molecule has 1 aliphatic heterocycles. The number of anilines is 1. The van der Waals surface area contributed by atoms with Crippen LogP contribution in [0.15, 0.2) is 18.3 Å². The number of aromatic nitrogens is 1. The number of likely N-dealkylation sites (tertiary alicyclic amines) is 1. The van der Waals surface area contributed by atoms with Crippen LogP contribution in [0.5, 0.6) is 0 Å². The van der Waals surface area contributed by atoms with Gasteiger partial charge >= 0.3 is 0 Å². The number of carbonyl (C=O) groups is 1. The zero-order chi connectivity index (χ0) is 15.5. The summed E-state index contributed by atoms with van der Waals surface area (Å²) < 4.78 is 0. The molecule has 0 unspecified atom stereocenters. The average molecular weight is 302 g/mol. The van der Waals surface area contributed by atoms with Gasteiger partial charge in [-0.2, -0.15) is 0 Å². The summed E-state index contributed by atoms with van der Waals surface area (Å²) in [4.78, 5) is 19.1. The number of hydrogen-bond acceptors (Lipinski definition) is 4. The average Bonchev–Trinajstić information content (AvgIpc) is 3.32. The first-order valence-corrected chi connectivity index (χ1v) is 8.39. The molecule has 0 aromatic carbocycles. The number of pyridine rings is 1. The highest BCUT2D eigenvalue weighted by Crippen LogP contribution is 2.23. The molecule has 2 N–H and O–H groups in total. The van der Waals surface area contributed by atoms with Gasteiger partial charge in [-0.15, -0.1) is 0 Å². The maximum absolute atomic E-state index is 12.3. The Kier molecular flexibility index (Phi) is 4.62. The van der Waals surface area contributed by atoms with Gasteiger partial charge in [-0.1, -0.05) is 0 Å². The van der Waals surface area contributed by atoms with Crippen LogP contribution in [0.3, 0.4) is 0 Å². The third kappa shape index (κ3) is 3.97. The maximum Gasteiger partial charge on any atom is 0.253 e. The van der Waals surface area contributed by atoms with E-state index in [9.17, 15) is 4.79 Å². The smallest absolute Gasteiger partial charge is 0.253 e. The van der Waals surface area contributed by atoms with Gasteiger partial charge in [0.15, 0.2) is 0 Å². The highest BCUT2D eigenvalue weighted by molar-refractivity contribution is 5.94. The second kappa shape index (κ2) is 6.65. The van der Waals surface area contributed by atoms with E-state index in [0.29, 0.717) is 17.6 Å². The van der Waals surface area contributed by atoms with Crippen molar-refractivity contribution in [1.29, 1.82) is 0 Å². The summed E-state index contributed by atoms with van der Waals surface area (Å²) in [6.45, 7) is 6.57. The van der Waals surface area contributed by atoms with Gasteiger partial charge in [0.25, 0.3) is 5.91 Å². The fourth-order valence-corrected chi connectivity index (χ4v) is 2.88. The Bertz CT molecular complexity index is 502. The van der Waals surface area contributed by atoms with Crippen molar-refractivity contribution in [1.82, 2.24) is 15.2 Å². The molecule has 0 radical (unpaired) electrons. The monoisotopic (exact) mass is 302 g/mol. The Labute approximate surface area is 132 Å². The van der Waals surface area contributed by atoms with Crippen LogP contribution in [-0.2, 0) is 0 Å². The molecule has 2 heterocycles. The first kappa shape index (κ1) is 15.3. The Morgan fingerprint density at radius 1 is 1.18 bits per heavy atom. The molecule has 1 aromatic rings. The van der Waals surface area contributed by atoms with Crippen LogP contribution in [0.25, 0.3) is 0 Å². The Morgan fingerprint density at radius 3 is 2.45 bits per heavy atom. The molecule has 1 amide bonds. The van der Waals surface area contributed by atoms with E-state index in [1.807, 2.05) is 12.1 Å². The number of nitrogens with zero attached hydrogens (tertiary/aromatic N) is 2. The molecule has 0 atom stereocenters. The zero-order valence-corrected chi connectivity index (χ0v) is 13.5. The molecule has 1 saturated carbocycles. The highest BCUT2D eigenvalue weighted by Gasteiger charge is 2.23. The molecule has 2 fully saturated rings. The summed E-state index contributed by atoms with van der Waals surface area (Å²) in [6.07, 6.45) is 6.17. The standard InChI is InChI=1S/C17H26N4O/c1-12(2)21-9-7-15(8-10-21)20-17(22)13-3-6-16(18-11-13)19-14-4-5-14/h3,6,11-12,14-15H,4-5,7-10H2,1-2H3,(H,18,19)(H,20,22). The van der Waals surface area contributed by atoms with E-state index in [2.05, 4.69) is 34.4 Å². The van der Waals surface area contributed by atoms with Crippen molar-refractivity contribution >= 4 is 11.7 Å². The molecule has 5 heteroatoms. The van der Waals surface area contributed by atoms with Gasteiger partial charge in [0.1, 0.15) is 5.82 Å².